The molecule has 13 heteroatoms. The summed E-state index contributed by atoms with van der Waals surface area (Å²) in [5.74, 6) is -1.52. The van der Waals surface area contributed by atoms with Crippen molar-refractivity contribution in [1.82, 2.24) is 20.6 Å². The first kappa shape index (κ1) is 28.0. The minimum atomic E-state index is -4.92. The van der Waals surface area contributed by atoms with Crippen LogP contribution in [0.1, 0.15) is 28.1 Å². The Balaban J connectivity index is 1.57. The molecule has 0 bridgehead atoms. The fourth-order valence-electron chi connectivity index (χ4n) is 4.50. The third kappa shape index (κ3) is 6.12. The second kappa shape index (κ2) is 11.1. The van der Waals surface area contributed by atoms with Crippen LogP contribution in [0.4, 0.5) is 23.2 Å². The van der Waals surface area contributed by atoms with E-state index in [-0.39, 0.29) is 17.2 Å². The molecule has 8 nitrogen and oxygen atoms in total. The highest BCUT2D eigenvalue weighted by atomic mass is 35.5. The Morgan fingerprint density at radius 2 is 1.90 bits per heavy atom. The van der Waals surface area contributed by atoms with Crippen LogP contribution in [0.3, 0.4) is 0 Å². The molecule has 0 unspecified atom stereocenters. The lowest BCUT2D eigenvalue weighted by atomic mass is 9.92. The quantitative estimate of drug-likeness (QED) is 0.177. The van der Waals surface area contributed by atoms with Crippen LogP contribution in [0.2, 0.25) is 5.02 Å². The number of rotatable bonds is 7. The third-order valence-electron chi connectivity index (χ3n) is 6.42. The maximum absolute atomic E-state index is 13.5. The Hall–Kier alpha value is -4.58. The highest BCUT2D eigenvalue weighted by Crippen LogP contribution is 2.37. The van der Waals surface area contributed by atoms with Crippen molar-refractivity contribution >= 4 is 34.2 Å². The van der Waals surface area contributed by atoms with E-state index in [2.05, 4.69) is 25.9 Å². The molecule has 0 saturated heterocycles. The van der Waals surface area contributed by atoms with Gasteiger partial charge in [0.15, 0.2) is 5.82 Å². The molecule has 5 rings (SSSR count). The number of fused-ring (bicyclic) bond motifs is 1. The number of hydrogen-bond acceptors (Lipinski definition) is 6. The van der Waals surface area contributed by atoms with Gasteiger partial charge in [-0.2, -0.15) is 18.4 Å². The van der Waals surface area contributed by atoms with Gasteiger partial charge in [0, 0.05) is 28.5 Å². The van der Waals surface area contributed by atoms with Gasteiger partial charge in [-0.3, -0.25) is 4.79 Å². The monoisotopic (exact) mass is 585 g/mol. The molecule has 0 aliphatic rings. The molecular formula is C28H20ClF4N5O3. The van der Waals surface area contributed by atoms with Crippen molar-refractivity contribution in [3.8, 4) is 11.1 Å². The van der Waals surface area contributed by atoms with E-state index in [1.165, 1.54) is 6.07 Å². The summed E-state index contributed by atoms with van der Waals surface area (Å²) >= 11 is 6.27. The van der Waals surface area contributed by atoms with Gasteiger partial charge in [0.05, 0.1) is 23.2 Å². The number of tetrazole rings is 1. The van der Waals surface area contributed by atoms with Gasteiger partial charge in [0.2, 0.25) is 5.91 Å². The Labute approximate surface area is 234 Å². The van der Waals surface area contributed by atoms with Crippen LogP contribution in [0.15, 0.2) is 63.8 Å². The molecule has 210 valence electrons. The van der Waals surface area contributed by atoms with E-state index in [0.29, 0.717) is 45.8 Å². The average Bonchev–Trinajstić information content (AvgIpc) is 3.44. The topological polar surface area (TPSA) is 114 Å². The minimum Gasteiger partial charge on any atom is -0.422 e. The van der Waals surface area contributed by atoms with Crippen LogP contribution >= 0.6 is 11.6 Å². The molecule has 0 spiro atoms. The Bertz CT molecular complexity index is 1820. The zero-order chi connectivity index (χ0) is 29.3. The number of anilines is 1. The zero-order valence-corrected chi connectivity index (χ0v) is 22.0. The van der Waals surface area contributed by atoms with E-state index in [1.54, 1.807) is 25.1 Å². The van der Waals surface area contributed by atoms with Crippen molar-refractivity contribution in [3.05, 3.63) is 104 Å². The summed E-state index contributed by atoms with van der Waals surface area (Å²) in [6.45, 7) is 1.76. The van der Waals surface area contributed by atoms with Gasteiger partial charge in [0.25, 0.3) is 0 Å². The Morgan fingerprint density at radius 3 is 2.63 bits per heavy atom. The number of benzene rings is 3. The first-order chi connectivity index (χ1) is 19.5. The molecule has 1 amide bonds. The predicted octanol–water partition coefficient (Wildman–Crippen LogP) is 6.06. The summed E-state index contributed by atoms with van der Waals surface area (Å²) in [5, 5.41) is 16.8. The van der Waals surface area contributed by atoms with Gasteiger partial charge in [0.1, 0.15) is 11.4 Å². The maximum atomic E-state index is 13.5. The summed E-state index contributed by atoms with van der Waals surface area (Å²) in [4.78, 5) is 26.2. The fraction of sp³-hybridized carbons (Fsp3) is 0.179. The highest BCUT2D eigenvalue weighted by Gasteiger charge is 2.34. The number of nitrogens with zero attached hydrogens (tertiary/aromatic N) is 3. The number of H-pyrrole nitrogens is 1. The zero-order valence-electron chi connectivity index (χ0n) is 21.3. The molecule has 0 aliphatic heterocycles. The summed E-state index contributed by atoms with van der Waals surface area (Å²) < 4.78 is 59.5. The normalized spacial score (nSPS) is 11.7. The molecule has 2 aromatic heterocycles. The van der Waals surface area contributed by atoms with Crippen molar-refractivity contribution in [1.29, 1.82) is 0 Å². The number of carbonyl (C=O) groups excluding carboxylic acids is 1. The largest absolute Gasteiger partial charge is 0.422 e. The number of aromatic amines is 1. The molecule has 0 atom stereocenters. The van der Waals surface area contributed by atoms with Crippen LogP contribution in [-0.4, -0.2) is 26.5 Å². The molecule has 3 aromatic carbocycles. The van der Waals surface area contributed by atoms with Gasteiger partial charge in [-0.05, 0) is 54.3 Å². The SMILES string of the molecule is Cc1cc2c(-c3cccc(CCc4nn[nH]n4)c3)c(CC(=O)Nc3ccc(F)cc3C(F)(F)F)c(=O)oc2cc1Cl. The molecule has 41 heavy (non-hydrogen) atoms. The van der Waals surface area contributed by atoms with E-state index in [4.69, 9.17) is 16.0 Å². The Kier molecular flexibility index (Phi) is 7.59. The first-order valence-corrected chi connectivity index (χ1v) is 12.6. The minimum absolute atomic E-state index is 0.0669. The Morgan fingerprint density at radius 1 is 1.10 bits per heavy atom. The molecule has 0 aliphatic carbocycles. The molecule has 0 saturated carbocycles. The summed E-state index contributed by atoms with van der Waals surface area (Å²) in [6, 6.07) is 12.4. The molecule has 2 N–H and O–H groups in total. The lowest BCUT2D eigenvalue weighted by molar-refractivity contribution is -0.137. The van der Waals surface area contributed by atoms with Gasteiger partial charge in [-0.25, -0.2) is 9.18 Å². The molecule has 5 aromatic rings. The van der Waals surface area contributed by atoms with Gasteiger partial charge in [-0.15, -0.1) is 10.2 Å². The number of halogens is 5. The van der Waals surface area contributed by atoms with Crippen LogP contribution < -0.4 is 10.9 Å². The van der Waals surface area contributed by atoms with Crippen LogP contribution in [0.5, 0.6) is 0 Å². The third-order valence-corrected chi connectivity index (χ3v) is 6.83. The molecular weight excluding hydrogens is 566 g/mol. The van der Waals surface area contributed by atoms with Crippen molar-refractivity contribution in [2.24, 2.45) is 0 Å². The summed E-state index contributed by atoms with van der Waals surface area (Å²) in [5.41, 5.74) is -0.219. The van der Waals surface area contributed by atoms with Crippen molar-refractivity contribution in [2.75, 3.05) is 5.32 Å². The predicted molar refractivity (Wildman–Crippen MR) is 143 cm³/mol. The number of alkyl halides is 3. The number of aromatic nitrogens is 4. The lowest BCUT2D eigenvalue weighted by Gasteiger charge is -2.16. The number of hydrogen-bond donors (Lipinski definition) is 2. The van der Waals surface area contributed by atoms with E-state index >= 15 is 0 Å². The smallest absolute Gasteiger partial charge is 0.418 e. The highest BCUT2D eigenvalue weighted by molar-refractivity contribution is 6.32. The van der Waals surface area contributed by atoms with E-state index < -0.39 is 41.2 Å². The van der Waals surface area contributed by atoms with E-state index in [0.717, 1.165) is 17.7 Å². The number of nitrogens with one attached hydrogen (secondary N) is 2. The first-order valence-electron chi connectivity index (χ1n) is 12.2. The molecule has 0 radical (unpaired) electrons. The van der Waals surface area contributed by atoms with Crippen LogP contribution in [0.25, 0.3) is 22.1 Å². The lowest BCUT2D eigenvalue weighted by Crippen LogP contribution is -2.22. The van der Waals surface area contributed by atoms with E-state index in [1.807, 2.05) is 12.1 Å². The standard InChI is InChI=1S/C28H20ClF4N5O3/c1-14-9-18-23(13-21(14)29)41-27(40)19(12-25(39)34-22-7-6-17(30)11-20(22)28(31,32)33)26(18)16-4-2-3-15(10-16)5-8-24-35-37-38-36-24/h2-4,6-7,9-11,13H,5,8,12H2,1H3,(H,34,39)(H,35,36,37,38). The summed E-state index contributed by atoms with van der Waals surface area (Å²) in [6.07, 6.45) is -4.51. The van der Waals surface area contributed by atoms with Crippen LogP contribution in [0, 0.1) is 12.7 Å². The number of aryl methyl sites for hydroxylation is 3. The second-order valence-electron chi connectivity index (χ2n) is 9.28. The summed E-state index contributed by atoms with van der Waals surface area (Å²) in [7, 11) is 0. The average molecular weight is 586 g/mol. The fourth-order valence-corrected chi connectivity index (χ4v) is 4.65. The number of amides is 1. The second-order valence-corrected chi connectivity index (χ2v) is 9.69. The number of carbonyl (C=O) groups is 1. The van der Waals surface area contributed by atoms with Gasteiger partial charge < -0.3 is 9.73 Å². The van der Waals surface area contributed by atoms with Crippen molar-refractivity contribution in [3.63, 3.8) is 0 Å². The van der Waals surface area contributed by atoms with Gasteiger partial charge in [-0.1, -0.05) is 41.1 Å². The van der Waals surface area contributed by atoms with Crippen molar-refractivity contribution < 1.29 is 26.8 Å². The maximum Gasteiger partial charge on any atom is 0.418 e. The van der Waals surface area contributed by atoms with Crippen LogP contribution in [-0.2, 0) is 30.2 Å². The van der Waals surface area contributed by atoms with Gasteiger partial charge >= 0.3 is 11.8 Å². The van der Waals surface area contributed by atoms with E-state index in [9.17, 15) is 27.2 Å². The molecule has 0 fully saturated rings. The molecule has 2 heterocycles. The van der Waals surface area contributed by atoms with Crippen molar-refractivity contribution in [2.45, 2.75) is 32.4 Å².